The molecule has 5 heteroatoms. The summed E-state index contributed by atoms with van der Waals surface area (Å²) < 4.78 is 5.28. The predicted molar refractivity (Wildman–Crippen MR) is 101 cm³/mol. The van der Waals surface area contributed by atoms with Crippen molar-refractivity contribution in [1.29, 1.82) is 0 Å². The summed E-state index contributed by atoms with van der Waals surface area (Å²) in [6, 6.07) is 15.5. The topological polar surface area (TPSA) is 67.6 Å². The van der Waals surface area contributed by atoms with Gasteiger partial charge in [-0.2, -0.15) is 0 Å². The molecule has 0 spiro atoms. The van der Waals surface area contributed by atoms with Gasteiger partial charge in [-0.05, 0) is 24.6 Å². The molecule has 1 aliphatic rings. The standard InChI is InChI=1S/C20H25N3O2/c1-14-7-9-15(10-8-14)11-19(20(24)23-12-16(13-23)25-2)22-18-6-4-3-5-17(18)21/h3-10,16,19,22H,11-13,21H2,1-2H3/t19-/m0/s1. The summed E-state index contributed by atoms with van der Waals surface area (Å²) in [5.41, 5.74) is 9.80. The van der Waals surface area contributed by atoms with Gasteiger partial charge < -0.3 is 20.7 Å². The Hall–Kier alpha value is -2.53. The number of aryl methyl sites for hydroxylation is 1. The van der Waals surface area contributed by atoms with Crippen molar-refractivity contribution in [2.45, 2.75) is 25.5 Å². The summed E-state index contributed by atoms with van der Waals surface area (Å²) in [7, 11) is 1.68. The van der Waals surface area contributed by atoms with Crippen LogP contribution in [0.1, 0.15) is 11.1 Å². The lowest BCUT2D eigenvalue weighted by Gasteiger charge is -2.40. The minimum Gasteiger partial charge on any atom is -0.397 e. The lowest BCUT2D eigenvalue weighted by molar-refractivity contribution is -0.143. The summed E-state index contributed by atoms with van der Waals surface area (Å²) in [6.45, 7) is 3.34. The van der Waals surface area contributed by atoms with Crippen LogP contribution in [0.2, 0.25) is 0 Å². The molecule has 1 fully saturated rings. The number of benzene rings is 2. The molecule has 2 aromatic rings. The molecule has 132 valence electrons. The Kier molecular flexibility index (Phi) is 5.24. The number of carbonyl (C=O) groups excluding carboxylic acids is 1. The summed E-state index contributed by atoms with van der Waals surface area (Å²) in [6.07, 6.45) is 0.757. The number of methoxy groups -OCH3 is 1. The molecule has 3 N–H and O–H groups in total. The van der Waals surface area contributed by atoms with E-state index < -0.39 is 0 Å². The van der Waals surface area contributed by atoms with Crippen LogP contribution in [0.3, 0.4) is 0 Å². The molecule has 1 aliphatic heterocycles. The fourth-order valence-electron chi connectivity index (χ4n) is 2.96. The molecule has 1 amide bonds. The maximum atomic E-state index is 12.9. The number of ether oxygens (including phenoxy) is 1. The second kappa shape index (κ2) is 7.57. The molecule has 1 heterocycles. The van der Waals surface area contributed by atoms with Gasteiger partial charge in [0.05, 0.1) is 17.5 Å². The second-order valence-corrected chi connectivity index (χ2v) is 6.57. The first kappa shape index (κ1) is 17.3. The van der Waals surface area contributed by atoms with Crippen molar-refractivity contribution in [3.8, 4) is 0 Å². The van der Waals surface area contributed by atoms with E-state index in [9.17, 15) is 4.79 Å². The Morgan fingerprint density at radius 3 is 2.56 bits per heavy atom. The monoisotopic (exact) mass is 339 g/mol. The zero-order valence-electron chi connectivity index (χ0n) is 14.7. The molecule has 25 heavy (non-hydrogen) atoms. The van der Waals surface area contributed by atoms with E-state index in [0.717, 1.165) is 11.3 Å². The van der Waals surface area contributed by atoms with Crippen molar-refractivity contribution in [3.63, 3.8) is 0 Å². The number of hydrogen-bond acceptors (Lipinski definition) is 4. The third kappa shape index (κ3) is 4.12. The van der Waals surface area contributed by atoms with Gasteiger partial charge in [0.2, 0.25) is 5.91 Å². The highest BCUT2D eigenvalue weighted by atomic mass is 16.5. The van der Waals surface area contributed by atoms with Gasteiger partial charge in [-0.3, -0.25) is 4.79 Å². The highest BCUT2D eigenvalue weighted by Crippen LogP contribution is 2.22. The first-order valence-electron chi connectivity index (χ1n) is 8.55. The molecule has 1 saturated heterocycles. The average molecular weight is 339 g/mol. The molecule has 5 nitrogen and oxygen atoms in total. The quantitative estimate of drug-likeness (QED) is 0.794. The molecule has 0 bridgehead atoms. The fraction of sp³-hybridized carbons (Fsp3) is 0.350. The average Bonchev–Trinajstić information content (AvgIpc) is 2.57. The van der Waals surface area contributed by atoms with Gasteiger partial charge in [-0.1, -0.05) is 42.0 Å². The van der Waals surface area contributed by atoms with Crippen LogP contribution in [0.5, 0.6) is 0 Å². The van der Waals surface area contributed by atoms with Crippen LogP contribution < -0.4 is 11.1 Å². The zero-order chi connectivity index (χ0) is 17.8. The summed E-state index contributed by atoms with van der Waals surface area (Å²) in [5.74, 6) is 0.0807. The number of carbonyl (C=O) groups is 1. The number of nitrogens with two attached hydrogens (primary N) is 1. The zero-order valence-corrected chi connectivity index (χ0v) is 14.7. The molecule has 0 unspecified atom stereocenters. The smallest absolute Gasteiger partial charge is 0.245 e. The molecular weight excluding hydrogens is 314 g/mol. The Bertz CT molecular complexity index is 724. The second-order valence-electron chi connectivity index (χ2n) is 6.57. The Morgan fingerprint density at radius 1 is 1.24 bits per heavy atom. The first-order chi connectivity index (χ1) is 12.1. The summed E-state index contributed by atoms with van der Waals surface area (Å²) in [4.78, 5) is 14.8. The van der Waals surface area contributed by atoms with Gasteiger partial charge in [0, 0.05) is 26.6 Å². The molecule has 0 radical (unpaired) electrons. The van der Waals surface area contributed by atoms with Gasteiger partial charge >= 0.3 is 0 Å². The van der Waals surface area contributed by atoms with Crippen molar-refractivity contribution in [2.24, 2.45) is 0 Å². The molecule has 2 aromatic carbocycles. The molecule has 1 atom stereocenters. The first-order valence-corrected chi connectivity index (χ1v) is 8.55. The minimum atomic E-state index is -0.356. The number of hydrogen-bond donors (Lipinski definition) is 2. The van der Waals surface area contributed by atoms with Crippen molar-refractivity contribution >= 4 is 17.3 Å². The highest BCUT2D eigenvalue weighted by Gasteiger charge is 2.34. The van der Waals surface area contributed by atoms with E-state index in [4.69, 9.17) is 10.5 Å². The Labute approximate surface area is 148 Å². The van der Waals surface area contributed by atoms with Crippen LogP contribution in [-0.2, 0) is 16.0 Å². The van der Waals surface area contributed by atoms with E-state index in [1.807, 2.05) is 29.2 Å². The summed E-state index contributed by atoms with van der Waals surface area (Å²) in [5, 5.41) is 3.34. The highest BCUT2D eigenvalue weighted by molar-refractivity contribution is 5.87. The summed E-state index contributed by atoms with van der Waals surface area (Å²) >= 11 is 0. The van der Waals surface area contributed by atoms with E-state index in [2.05, 4.69) is 36.5 Å². The van der Waals surface area contributed by atoms with Crippen molar-refractivity contribution in [2.75, 3.05) is 31.2 Å². The van der Waals surface area contributed by atoms with Crippen molar-refractivity contribution in [1.82, 2.24) is 4.90 Å². The number of nitrogens with zero attached hydrogens (tertiary/aromatic N) is 1. The molecule has 0 aliphatic carbocycles. The van der Waals surface area contributed by atoms with Gasteiger partial charge in [0.25, 0.3) is 0 Å². The number of rotatable bonds is 6. The third-order valence-corrected chi connectivity index (χ3v) is 4.64. The largest absolute Gasteiger partial charge is 0.397 e. The Balaban J connectivity index is 1.76. The number of para-hydroxylation sites is 2. The van der Waals surface area contributed by atoms with E-state index in [-0.39, 0.29) is 18.1 Å². The molecular formula is C20H25N3O2. The van der Waals surface area contributed by atoms with E-state index in [1.54, 1.807) is 7.11 Å². The van der Waals surface area contributed by atoms with E-state index in [1.165, 1.54) is 5.56 Å². The maximum Gasteiger partial charge on any atom is 0.245 e. The van der Waals surface area contributed by atoms with Crippen LogP contribution in [0.4, 0.5) is 11.4 Å². The molecule has 0 aromatic heterocycles. The predicted octanol–water partition coefficient (Wildman–Crippen LogP) is 2.46. The maximum absolute atomic E-state index is 12.9. The van der Waals surface area contributed by atoms with E-state index in [0.29, 0.717) is 25.2 Å². The van der Waals surface area contributed by atoms with Crippen molar-refractivity contribution < 1.29 is 9.53 Å². The van der Waals surface area contributed by atoms with E-state index >= 15 is 0 Å². The fourth-order valence-corrected chi connectivity index (χ4v) is 2.96. The third-order valence-electron chi connectivity index (χ3n) is 4.64. The lowest BCUT2D eigenvalue weighted by atomic mass is 10.0. The SMILES string of the molecule is COC1CN(C(=O)[C@H](Cc2ccc(C)cc2)Nc2ccccc2N)C1. The lowest BCUT2D eigenvalue weighted by Crippen LogP contribution is -2.58. The van der Waals surface area contributed by atoms with Gasteiger partial charge in [0.1, 0.15) is 6.04 Å². The minimum absolute atomic E-state index is 0.0807. The number of likely N-dealkylation sites (tertiary alicyclic amines) is 1. The van der Waals surface area contributed by atoms with Crippen LogP contribution in [0.15, 0.2) is 48.5 Å². The Morgan fingerprint density at radius 2 is 1.92 bits per heavy atom. The number of amides is 1. The number of nitrogens with one attached hydrogen (secondary N) is 1. The van der Waals surface area contributed by atoms with Crippen LogP contribution in [0.25, 0.3) is 0 Å². The number of nitrogen functional groups attached to an aromatic ring is 1. The van der Waals surface area contributed by atoms with Gasteiger partial charge in [-0.15, -0.1) is 0 Å². The number of anilines is 2. The van der Waals surface area contributed by atoms with Gasteiger partial charge in [-0.25, -0.2) is 0 Å². The normalized spacial score (nSPS) is 15.5. The molecule has 0 saturated carbocycles. The van der Waals surface area contributed by atoms with Crippen LogP contribution in [-0.4, -0.2) is 43.2 Å². The molecule has 3 rings (SSSR count). The van der Waals surface area contributed by atoms with Crippen molar-refractivity contribution in [3.05, 3.63) is 59.7 Å². The van der Waals surface area contributed by atoms with Crippen LogP contribution >= 0.6 is 0 Å². The van der Waals surface area contributed by atoms with Crippen LogP contribution in [0, 0.1) is 6.92 Å². The van der Waals surface area contributed by atoms with Gasteiger partial charge in [0.15, 0.2) is 0 Å².